The summed E-state index contributed by atoms with van der Waals surface area (Å²) in [6.07, 6.45) is 1.07. The minimum Gasteiger partial charge on any atom is -0.373 e. The zero-order valence-corrected chi connectivity index (χ0v) is 13.7. The Hall–Kier alpha value is -1.20. The Morgan fingerprint density at radius 1 is 1.25 bits per heavy atom. The molecule has 0 aliphatic carbocycles. The number of nitrogens with one attached hydrogen (secondary N) is 1. The van der Waals surface area contributed by atoms with Crippen LogP contribution in [0.2, 0.25) is 0 Å². The second-order valence-corrected chi connectivity index (χ2v) is 6.64. The van der Waals surface area contributed by atoms with E-state index < -0.39 is 0 Å². The maximum Gasteiger partial charge on any atom is 0.158 e. The molecule has 0 amide bonds. The summed E-state index contributed by atoms with van der Waals surface area (Å²) < 4.78 is 5.67. The fourth-order valence-corrected chi connectivity index (χ4v) is 3.07. The molecule has 0 aliphatic heterocycles. The molecule has 0 radical (unpaired) electrons. The van der Waals surface area contributed by atoms with Gasteiger partial charge in [0.25, 0.3) is 0 Å². The van der Waals surface area contributed by atoms with Crippen molar-refractivity contribution in [3.05, 3.63) is 16.3 Å². The molecule has 2 rings (SSSR count). The van der Waals surface area contributed by atoms with Gasteiger partial charge in [-0.3, -0.25) is 0 Å². The highest BCUT2D eigenvalue weighted by Crippen LogP contribution is 2.33. The van der Waals surface area contributed by atoms with Gasteiger partial charge < -0.3 is 10.1 Å². The van der Waals surface area contributed by atoms with Gasteiger partial charge in [-0.15, -0.1) is 11.3 Å². The number of hydrogen-bond acceptors (Lipinski definition) is 5. The zero-order valence-electron chi connectivity index (χ0n) is 12.9. The van der Waals surface area contributed by atoms with Gasteiger partial charge in [-0.1, -0.05) is 13.8 Å². The predicted molar refractivity (Wildman–Crippen MR) is 85.5 cm³/mol. The number of nitrogens with zero attached hydrogens (tertiary/aromatic N) is 2. The van der Waals surface area contributed by atoms with Gasteiger partial charge in [-0.2, -0.15) is 0 Å². The van der Waals surface area contributed by atoms with Crippen molar-refractivity contribution < 1.29 is 4.74 Å². The van der Waals surface area contributed by atoms with E-state index in [0.29, 0.717) is 12.5 Å². The highest BCUT2D eigenvalue weighted by atomic mass is 32.1. The van der Waals surface area contributed by atoms with E-state index in [1.54, 1.807) is 11.3 Å². The van der Waals surface area contributed by atoms with E-state index in [1.165, 1.54) is 10.4 Å². The lowest BCUT2D eigenvalue weighted by Crippen LogP contribution is -2.05. The first-order valence-corrected chi connectivity index (χ1v) is 7.86. The second kappa shape index (κ2) is 6.50. The van der Waals surface area contributed by atoms with Crippen LogP contribution in [0, 0.1) is 19.8 Å². The fourth-order valence-electron chi connectivity index (χ4n) is 2.02. The molecule has 0 aliphatic rings. The third kappa shape index (κ3) is 3.27. The molecular weight excluding hydrogens is 270 g/mol. The summed E-state index contributed by atoms with van der Waals surface area (Å²) in [5, 5.41) is 4.31. The van der Waals surface area contributed by atoms with Crippen LogP contribution >= 0.6 is 11.3 Å². The van der Waals surface area contributed by atoms with E-state index in [-0.39, 0.29) is 0 Å². The standard InChI is InChI=1S/C15H23N3OS/c1-9(2)6-7-19-8-12-17-14(16-5)13-10(3)11(4)20-15(13)18-12/h9H,6-8H2,1-5H3,(H,16,17,18). The normalized spacial score (nSPS) is 11.5. The molecular formula is C15H23N3OS. The minimum absolute atomic E-state index is 0.479. The molecule has 0 fully saturated rings. The first-order chi connectivity index (χ1) is 9.52. The largest absolute Gasteiger partial charge is 0.373 e. The predicted octanol–water partition coefficient (Wildman–Crippen LogP) is 3.91. The monoisotopic (exact) mass is 293 g/mol. The molecule has 0 atom stereocenters. The molecule has 2 heterocycles. The Morgan fingerprint density at radius 2 is 2.00 bits per heavy atom. The maximum absolute atomic E-state index is 5.67. The number of thiophene rings is 1. The summed E-state index contributed by atoms with van der Waals surface area (Å²) in [6, 6.07) is 0. The summed E-state index contributed by atoms with van der Waals surface area (Å²) in [4.78, 5) is 11.5. The summed E-state index contributed by atoms with van der Waals surface area (Å²) in [6.45, 7) is 9.88. The molecule has 0 saturated heterocycles. The molecule has 0 bridgehead atoms. The third-order valence-corrected chi connectivity index (χ3v) is 4.48. The number of anilines is 1. The first-order valence-electron chi connectivity index (χ1n) is 7.05. The zero-order chi connectivity index (χ0) is 14.7. The Labute approximate surface area is 124 Å². The molecule has 20 heavy (non-hydrogen) atoms. The first kappa shape index (κ1) is 15.2. The van der Waals surface area contributed by atoms with Gasteiger partial charge in [0.1, 0.15) is 17.3 Å². The molecule has 110 valence electrons. The van der Waals surface area contributed by atoms with Crippen LogP contribution in [0.15, 0.2) is 0 Å². The number of fused-ring (bicyclic) bond motifs is 1. The lowest BCUT2D eigenvalue weighted by atomic mass is 10.1. The Balaban J connectivity index is 2.19. The molecule has 5 heteroatoms. The van der Waals surface area contributed by atoms with Crippen molar-refractivity contribution in [3.63, 3.8) is 0 Å². The van der Waals surface area contributed by atoms with Gasteiger partial charge in [0.2, 0.25) is 0 Å². The van der Waals surface area contributed by atoms with Crippen LogP contribution in [0.25, 0.3) is 10.2 Å². The Morgan fingerprint density at radius 3 is 2.65 bits per heavy atom. The van der Waals surface area contributed by atoms with Gasteiger partial charge in [0.15, 0.2) is 5.82 Å². The molecule has 4 nitrogen and oxygen atoms in total. The SMILES string of the molecule is CNc1nc(COCCC(C)C)nc2sc(C)c(C)c12. The van der Waals surface area contributed by atoms with Gasteiger partial charge in [-0.05, 0) is 31.7 Å². The van der Waals surface area contributed by atoms with Gasteiger partial charge in [-0.25, -0.2) is 9.97 Å². The average Bonchev–Trinajstić information content (AvgIpc) is 2.69. The van der Waals surface area contributed by atoms with Crippen molar-refractivity contribution in [2.24, 2.45) is 5.92 Å². The summed E-state index contributed by atoms with van der Waals surface area (Å²) in [5.41, 5.74) is 1.27. The van der Waals surface area contributed by atoms with Crippen LogP contribution in [0.5, 0.6) is 0 Å². The summed E-state index contributed by atoms with van der Waals surface area (Å²) >= 11 is 1.72. The van der Waals surface area contributed by atoms with Crippen molar-refractivity contribution in [3.8, 4) is 0 Å². The lowest BCUT2D eigenvalue weighted by Gasteiger charge is -2.08. The van der Waals surface area contributed by atoms with Crippen molar-refractivity contribution >= 4 is 27.4 Å². The Bertz CT molecular complexity index is 592. The van der Waals surface area contributed by atoms with Crippen LogP contribution in [-0.4, -0.2) is 23.6 Å². The number of aromatic nitrogens is 2. The smallest absolute Gasteiger partial charge is 0.158 e. The van der Waals surface area contributed by atoms with Crippen molar-refractivity contribution in [2.75, 3.05) is 19.0 Å². The number of hydrogen-bond donors (Lipinski definition) is 1. The van der Waals surface area contributed by atoms with E-state index in [2.05, 4.69) is 43.0 Å². The van der Waals surface area contributed by atoms with E-state index in [4.69, 9.17) is 4.74 Å². The quantitative estimate of drug-likeness (QED) is 0.820. The number of ether oxygens (including phenoxy) is 1. The number of rotatable bonds is 6. The fraction of sp³-hybridized carbons (Fsp3) is 0.600. The molecule has 2 aromatic heterocycles. The summed E-state index contributed by atoms with van der Waals surface area (Å²) in [7, 11) is 1.90. The second-order valence-electron chi connectivity index (χ2n) is 5.44. The van der Waals surface area contributed by atoms with E-state index in [9.17, 15) is 0 Å². The molecule has 0 saturated carbocycles. The van der Waals surface area contributed by atoms with Crippen LogP contribution in [0.3, 0.4) is 0 Å². The number of aryl methyl sites for hydroxylation is 2. The highest BCUT2D eigenvalue weighted by Gasteiger charge is 2.13. The van der Waals surface area contributed by atoms with Gasteiger partial charge in [0.05, 0.1) is 5.39 Å². The van der Waals surface area contributed by atoms with E-state index in [0.717, 1.165) is 34.9 Å². The molecule has 0 spiro atoms. The van der Waals surface area contributed by atoms with Crippen LogP contribution in [0.1, 0.15) is 36.5 Å². The Kier molecular flexibility index (Phi) is 4.94. The average molecular weight is 293 g/mol. The van der Waals surface area contributed by atoms with Crippen molar-refractivity contribution in [1.82, 2.24) is 9.97 Å². The highest BCUT2D eigenvalue weighted by molar-refractivity contribution is 7.18. The van der Waals surface area contributed by atoms with Crippen LogP contribution < -0.4 is 5.32 Å². The van der Waals surface area contributed by atoms with Gasteiger partial charge in [0, 0.05) is 18.5 Å². The van der Waals surface area contributed by atoms with Crippen molar-refractivity contribution in [2.45, 2.75) is 40.7 Å². The molecule has 2 aromatic rings. The molecule has 0 aromatic carbocycles. The molecule has 0 unspecified atom stereocenters. The lowest BCUT2D eigenvalue weighted by molar-refractivity contribution is 0.106. The molecule has 1 N–H and O–H groups in total. The van der Waals surface area contributed by atoms with Crippen LogP contribution in [0.4, 0.5) is 5.82 Å². The van der Waals surface area contributed by atoms with Gasteiger partial charge >= 0.3 is 0 Å². The topological polar surface area (TPSA) is 47.0 Å². The summed E-state index contributed by atoms with van der Waals surface area (Å²) in [5.74, 6) is 2.32. The minimum atomic E-state index is 0.479. The third-order valence-electron chi connectivity index (χ3n) is 3.38. The maximum atomic E-state index is 5.67. The van der Waals surface area contributed by atoms with E-state index >= 15 is 0 Å². The van der Waals surface area contributed by atoms with E-state index in [1.807, 2.05) is 7.05 Å². The van der Waals surface area contributed by atoms with Crippen molar-refractivity contribution in [1.29, 1.82) is 0 Å². The van der Waals surface area contributed by atoms with Crippen LogP contribution in [-0.2, 0) is 11.3 Å².